The summed E-state index contributed by atoms with van der Waals surface area (Å²) in [5, 5.41) is 18.5. The maximum absolute atomic E-state index is 11.1. The fourth-order valence-electron chi connectivity index (χ4n) is 1.66. The Kier molecular flexibility index (Phi) is 2.70. The number of carboxylic acids is 1. The topological polar surface area (TPSA) is 83.6 Å². The van der Waals surface area contributed by atoms with E-state index in [1.54, 1.807) is 18.2 Å². The van der Waals surface area contributed by atoms with Gasteiger partial charge in [0.2, 0.25) is 0 Å². The summed E-state index contributed by atoms with van der Waals surface area (Å²) < 4.78 is 0. The summed E-state index contributed by atoms with van der Waals surface area (Å²) in [5.74, 6) is -0.940. The van der Waals surface area contributed by atoms with Gasteiger partial charge in [0.15, 0.2) is 0 Å². The summed E-state index contributed by atoms with van der Waals surface area (Å²) in [6.45, 7) is 0. The quantitative estimate of drug-likeness (QED) is 0.690. The van der Waals surface area contributed by atoms with E-state index in [2.05, 4.69) is 0 Å². The highest BCUT2D eigenvalue weighted by Gasteiger charge is 2.12. The summed E-state index contributed by atoms with van der Waals surface area (Å²) in [6.07, 6.45) is 0. The summed E-state index contributed by atoms with van der Waals surface area (Å²) in [6, 6.07) is 11.0. The largest absolute Gasteiger partial charge is 0.508 e. The molecule has 4 heteroatoms. The molecule has 4 N–H and O–H groups in total. The van der Waals surface area contributed by atoms with Gasteiger partial charge in [-0.05, 0) is 41.5 Å². The van der Waals surface area contributed by atoms with Crippen LogP contribution in [0.4, 0.5) is 5.69 Å². The summed E-state index contributed by atoms with van der Waals surface area (Å²) in [7, 11) is 0. The van der Waals surface area contributed by atoms with E-state index in [1.807, 2.05) is 0 Å². The van der Waals surface area contributed by atoms with Crippen molar-refractivity contribution in [3.8, 4) is 16.9 Å². The second-order valence-corrected chi connectivity index (χ2v) is 3.66. The number of phenolic OH excluding ortho intramolecular Hbond substituents is 1. The van der Waals surface area contributed by atoms with Gasteiger partial charge in [-0.1, -0.05) is 12.1 Å². The zero-order valence-corrected chi connectivity index (χ0v) is 8.92. The van der Waals surface area contributed by atoms with Gasteiger partial charge in [0, 0.05) is 5.69 Å². The van der Waals surface area contributed by atoms with Gasteiger partial charge in [-0.25, -0.2) is 4.79 Å². The summed E-state index contributed by atoms with van der Waals surface area (Å²) in [5.41, 5.74) is 7.40. The van der Waals surface area contributed by atoms with E-state index in [0.717, 1.165) is 0 Å². The smallest absolute Gasteiger partial charge is 0.336 e. The lowest BCUT2D eigenvalue weighted by Crippen LogP contribution is -2.00. The zero-order chi connectivity index (χ0) is 12.4. The molecule has 0 saturated heterocycles. The normalized spacial score (nSPS) is 10.1. The van der Waals surface area contributed by atoms with Gasteiger partial charge in [0.05, 0.1) is 5.56 Å². The predicted octanol–water partition coefficient (Wildman–Crippen LogP) is 2.34. The van der Waals surface area contributed by atoms with Crippen LogP contribution in [0, 0.1) is 0 Å². The number of aromatic carboxylic acids is 1. The average Bonchev–Trinajstić information content (AvgIpc) is 2.28. The van der Waals surface area contributed by atoms with Crippen LogP contribution in [0.2, 0.25) is 0 Å². The Morgan fingerprint density at radius 3 is 2.53 bits per heavy atom. The first-order chi connectivity index (χ1) is 8.08. The Bertz CT molecular complexity index is 579. The molecule has 0 fully saturated rings. The Morgan fingerprint density at radius 2 is 1.88 bits per heavy atom. The highest BCUT2D eigenvalue weighted by Crippen LogP contribution is 2.28. The van der Waals surface area contributed by atoms with Crippen molar-refractivity contribution >= 4 is 11.7 Å². The van der Waals surface area contributed by atoms with Crippen LogP contribution in [0.1, 0.15) is 10.4 Å². The van der Waals surface area contributed by atoms with Gasteiger partial charge in [0.25, 0.3) is 0 Å². The predicted molar refractivity (Wildman–Crippen MR) is 64.9 cm³/mol. The van der Waals surface area contributed by atoms with Crippen LogP contribution in [0.5, 0.6) is 5.75 Å². The minimum atomic E-state index is -1.02. The molecule has 0 unspecified atom stereocenters. The lowest BCUT2D eigenvalue weighted by molar-refractivity contribution is 0.0698. The fourth-order valence-corrected chi connectivity index (χ4v) is 1.66. The Balaban J connectivity index is 2.65. The molecule has 86 valence electrons. The van der Waals surface area contributed by atoms with Crippen molar-refractivity contribution in [1.29, 1.82) is 0 Å². The Morgan fingerprint density at radius 1 is 1.12 bits per heavy atom. The van der Waals surface area contributed by atoms with Crippen LogP contribution < -0.4 is 5.73 Å². The van der Waals surface area contributed by atoms with E-state index in [9.17, 15) is 9.90 Å². The molecule has 0 atom stereocenters. The molecule has 2 aromatic rings. The van der Waals surface area contributed by atoms with E-state index < -0.39 is 5.97 Å². The van der Waals surface area contributed by atoms with Crippen molar-refractivity contribution in [2.24, 2.45) is 0 Å². The molecule has 2 aromatic carbocycles. The van der Waals surface area contributed by atoms with Crippen molar-refractivity contribution < 1.29 is 15.0 Å². The molecule has 0 amide bonds. The van der Waals surface area contributed by atoms with E-state index in [1.165, 1.54) is 24.3 Å². The van der Waals surface area contributed by atoms with Crippen molar-refractivity contribution in [2.75, 3.05) is 5.73 Å². The number of rotatable bonds is 2. The van der Waals surface area contributed by atoms with Crippen molar-refractivity contribution in [2.45, 2.75) is 0 Å². The standard InChI is InChI=1S/C13H11NO3/c14-9-4-5-11(13(16)17)12(7-9)8-2-1-3-10(15)6-8/h1-7,15H,14H2,(H,16,17). The number of carboxylic acid groups (broad SMARTS) is 1. The number of hydrogen-bond acceptors (Lipinski definition) is 3. The van der Waals surface area contributed by atoms with Crippen molar-refractivity contribution in [3.63, 3.8) is 0 Å². The maximum Gasteiger partial charge on any atom is 0.336 e. The third-order valence-electron chi connectivity index (χ3n) is 2.43. The monoisotopic (exact) mass is 229 g/mol. The fraction of sp³-hybridized carbons (Fsp3) is 0. The van der Waals surface area contributed by atoms with Crippen LogP contribution in [0.3, 0.4) is 0 Å². The number of phenols is 1. The molecule has 17 heavy (non-hydrogen) atoms. The second-order valence-electron chi connectivity index (χ2n) is 3.66. The third-order valence-corrected chi connectivity index (χ3v) is 2.43. The van der Waals surface area contributed by atoms with E-state index in [4.69, 9.17) is 10.8 Å². The average molecular weight is 229 g/mol. The number of anilines is 1. The molecule has 0 aliphatic rings. The first kappa shape index (κ1) is 11.0. The number of hydrogen-bond donors (Lipinski definition) is 3. The lowest BCUT2D eigenvalue weighted by atomic mass is 9.99. The van der Waals surface area contributed by atoms with Crippen LogP contribution in [-0.2, 0) is 0 Å². The van der Waals surface area contributed by atoms with Crippen LogP contribution in [0.25, 0.3) is 11.1 Å². The van der Waals surface area contributed by atoms with Gasteiger partial charge in [0.1, 0.15) is 5.75 Å². The van der Waals surface area contributed by atoms with Crippen LogP contribution in [0.15, 0.2) is 42.5 Å². The first-order valence-electron chi connectivity index (χ1n) is 5.00. The molecule has 0 bridgehead atoms. The van der Waals surface area contributed by atoms with Gasteiger partial charge in [-0.15, -0.1) is 0 Å². The SMILES string of the molecule is Nc1ccc(C(=O)O)c(-c2cccc(O)c2)c1. The molecule has 2 rings (SSSR count). The highest BCUT2D eigenvalue weighted by molar-refractivity contribution is 5.97. The van der Waals surface area contributed by atoms with Crippen molar-refractivity contribution in [3.05, 3.63) is 48.0 Å². The van der Waals surface area contributed by atoms with Gasteiger partial charge < -0.3 is 15.9 Å². The van der Waals surface area contributed by atoms with Crippen LogP contribution in [-0.4, -0.2) is 16.2 Å². The minimum absolute atomic E-state index is 0.0845. The van der Waals surface area contributed by atoms with Crippen LogP contribution >= 0.6 is 0 Å². The van der Waals surface area contributed by atoms with E-state index >= 15 is 0 Å². The minimum Gasteiger partial charge on any atom is -0.508 e. The highest BCUT2D eigenvalue weighted by atomic mass is 16.4. The number of benzene rings is 2. The van der Waals surface area contributed by atoms with Gasteiger partial charge >= 0.3 is 5.97 Å². The summed E-state index contributed by atoms with van der Waals surface area (Å²) in [4.78, 5) is 11.1. The Hall–Kier alpha value is -2.49. The molecule has 0 saturated carbocycles. The van der Waals surface area contributed by atoms with E-state index in [0.29, 0.717) is 16.8 Å². The van der Waals surface area contributed by atoms with Gasteiger partial charge in [-0.2, -0.15) is 0 Å². The lowest BCUT2D eigenvalue weighted by Gasteiger charge is -2.07. The first-order valence-corrected chi connectivity index (χ1v) is 5.00. The maximum atomic E-state index is 11.1. The molecule has 0 radical (unpaired) electrons. The number of aromatic hydroxyl groups is 1. The number of nitrogens with two attached hydrogens (primary N) is 1. The number of nitrogen functional groups attached to an aromatic ring is 1. The van der Waals surface area contributed by atoms with Gasteiger partial charge in [-0.3, -0.25) is 0 Å². The number of carbonyl (C=O) groups is 1. The van der Waals surface area contributed by atoms with Crippen molar-refractivity contribution in [1.82, 2.24) is 0 Å². The van der Waals surface area contributed by atoms with E-state index in [-0.39, 0.29) is 11.3 Å². The zero-order valence-electron chi connectivity index (χ0n) is 8.92. The molecule has 0 aromatic heterocycles. The summed E-state index contributed by atoms with van der Waals surface area (Å²) >= 11 is 0. The molecule has 4 nitrogen and oxygen atoms in total. The molecule has 0 aliphatic carbocycles. The molecule has 0 spiro atoms. The second kappa shape index (κ2) is 4.17. The Labute approximate surface area is 97.9 Å². The molecule has 0 heterocycles. The molecular formula is C13H11NO3. The molecular weight excluding hydrogens is 218 g/mol. The third kappa shape index (κ3) is 2.20. The molecule has 0 aliphatic heterocycles.